The maximum Gasteiger partial charge on any atom is 0.270 e. The fourth-order valence-electron chi connectivity index (χ4n) is 3.69. The molecule has 0 radical (unpaired) electrons. The normalized spacial score (nSPS) is 15.5. The van der Waals surface area contributed by atoms with Crippen LogP contribution in [-0.2, 0) is 0 Å². The van der Waals surface area contributed by atoms with E-state index in [2.05, 4.69) is 10.2 Å². The number of piperidine rings is 1. The van der Waals surface area contributed by atoms with Crippen molar-refractivity contribution in [2.24, 2.45) is 0 Å². The monoisotopic (exact) mass is 417 g/mol. The van der Waals surface area contributed by atoms with E-state index in [0.717, 1.165) is 37.2 Å². The van der Waals surface area contributed by atoms with Gasteiger partial charge in [-0.1, -0.05) is 36.2 Å². The maximum atomic E-state index is 12.7. The van der Waals surface area contributed by atoms with Crippen LogP contribution >= 0.6 is 11.6 Å². The SMILES string of the molecule is COc1ccccc1C(CNC(=O)c1ccc([N+](=O)[O-])cc1Cl)N1CCCCC1. The largest absolute Gasteiger partial charge is 0.496 e. The third-order valence-corrected chi connectivity index (χ3v) is 5.51. The Bertz CT molecular complexity index is 884. The number of nitro benzene ring substituents is 1. The molecule has 2 aromatic rings. The quantitative estimate of drug-likeness (QED) is 0.538. The first-order chi connectivity index (χ1) is 14.0. The molecule has 1 heterocycles. The Labute approximate surface area is 174 Å². The molecule has 1 N–H and O–H groups in total. The number of carbonyl (C=O) groups excluding carboxylic acids is 1. The number of halogens is 1. The Kier molecular flexibility index (Phi) is 7.06. The van der Waals surface area contributed by atoms with Crippen LogP contribution in [0, 0.1) is 10.1 Å². The molecule has 3 rings (SSSR count). The number of likely N-dealkylation sites (tertiary alicyclic amines) is 1. The highest BCUT2D eigenvalue weighted by Crippen LogP contribution is 2.31. The second-order valence-corrected chi connectivity index (χ2v) is 7.39. The summed E-state index contributed by atoms with van der Waals surface area (Å²) in [5, 5.41) is 13.9. The molecular weight excluding hydrogens is 394 g/mol. The number of carbonyl (C=O) groups is 1. The standard InChI is InChI=1S/C21H24ClN3O4/c1-29-20-8-4-3-7-17(20)19(24-11-5-2-6-12-24)14-23-21(26)16-10-9-15(25(27)28)13-18(16)22/h3-4,7-10,13,19H,2,5-6,11-12,14H2,1H3,(H,23,26). The van der Waals surface area contributed by atoms with Gasteiger partial charge in [0.2, 0.25) is 0 Å². The molecule has 1 unspecified atom stereocenters. The lowest BCUT2D eigenvalue weighted by atomic mass is 10.0. The molecule has 1 fully saturated rings. The van der Waals surface area contributed by atoms with Gasteiger partial charge in [-0.3, -0.25) is 19.8 Å². The number of amides is 1. The molecule has 1 saturated heterocycles. The molecule has 0 saturated carbocycles. The van der Waals surface area contributed by atoms with Crippen molar-refractivity contribution in [2.75, 3.05) is 26.7 Å². The van der Waals surface area contributed by atoms with E-state index in [4.69, 9.17) is 16.3 Å². The third-order valence-electron chi connectivity index (χ3n) is 5.19. The Balaban J connectivity index is 1.79. The summed E-state index contributed by atoms with van der Waals surface area (Å²) in [4.78, 5) is 25.4. The maximum absolute atomic E-state index is 12.7. The van der Waals surface area contributed by atoms with Crippen molar-refractivity contribution in [3.05, 3.63) is 68.7 Å². The summed E-state index contributed by atoms with van der Waals surface area (Å²) in [5.74, 6) is 0.424. The molecular formula is C21H24ClN3O4. The predicted molar refractivity (Wildman–Crippen MR) is 112 cm³/mol. The molecule has 0 spiro atoms. The number of hydrogen-bond donors (Lipinski definition) is 1. The van der Waals surface area contributed by atoms with Gasteiger partial charge in [0.05, 0.1) is 28.7 Å². The van der Waals surface area contributed by atoms with Gasteiger partial charge in [0, 0.05) is 24.2 Å². The smallest absolute Gasteiger partial charge is 0.270 e. The van der Waals surface area contributed by atoms with Crippen LogP contribution in [-0.4, -0.2) is 42.5 Å². The van der Waals surface area contributed by atoms with Gasteiger partial charge in [-0.2, -0.15) is 0 Å². The highest BCUT2D eigenvalue weighted by atomic mass is 35.5. The van der Waals surface area contributed by atoms with Crippen LogP contribution in [0.1, 0.15) is 41.2 Å². The average molecular weight is 418 g/mol. The number of non-ortho nitro benzene ring substituents is 1. The average Bonchev–Trinajstić information content (AvgIpc) is 2.74. The summed E-state index contributed by atoms with van der Waals surface area (Å²) in [6, 6.07) is 11.6. The first-order valence-electron chi connectivity index (χ1n) is 9.60. The first kappa shape index (κ1) is 21.1. The number of rotatable bonds is 7. The van der Waals surface area contributed by atoms with Crippen LogP contribution in [0.15, 0.2) is 42.5 Å². The zero-order valence-corrected chi connectivity index (χ0v) is 17.0. The number of benzene rings is 2. The number of nitro groups is 1. The zero-order valence-electron chi connectivity index (χ0n) is 16.3. The molecule has 1 aliphatic heterocycles. The zero-order chi connectivity index (χ0) is 20.8. The third kappa shape index (κ3) is 5.05. The summed E-state index contributed by atoms with van der Waals surface area (Å²) in [5.41, 5.74) is 1.09. The molecule has 7 nitrogen and oxygen atoms in total. The van der Waals surface area contributed by atoms with E-state index in [1.807, 2.05) is 24.3 Å². The van der Waals surface area contributed by atoms with Crippen LogP contribution < -0.4 is 10.1 Å². The van der Waals surface area contributed by atoms with E-state index in [-0.39, 0.29) is 28.2 Å². The van der Waals surface area contributed by atoms with Gasteiger partial charge < -0.3 is 10.1 Å². The van der Waals surface area contributed by atoms with Crippen molar-refractivity contribution in [1.29, 1.82) is 0 Å². The van der Waals surface area contributed by atoms with Gasteiger partial charge >= 0.3 is 0 Å². The minimum absolute atomic E-state index is 0.0350. The fourth-order valence-corrected chi connectivity index (χ4v) is 3.95. The molecule has 154 valence electrons. The van der Waals surface area contributed by atoms with Crippen molar-refractivity contribution in [2.45, 2.75) is 25.3 Å². The van der Waals surface area contributed by atoms with Gasteiger partial charge in [0.1, 0.15) is 5.75 Å². The second-order valence-electron chi connectivity index (χ2n) is 6.99. The summed E-state index contributed by atoms with van der Waals surface area (Å²) in [7, 11) is 1.64. The van der Waals surface area contributed by atoms with Gasteiger partial charge in [0.15, 0.2) is 0 Å². The highest BCUT2D eigenvalue weighted by Gasteiger charge is 2.26. The van der Waals surface area contributed by atoms with E-state index in [9.17, 15) is 14.9 Å². The van der Waals surface area contributed by atoms with Crippen LogP contribution in [0.3, 0.4) is 0 Å². The van der Waals surface area contributed by atoms with Crippen molar-refractivity contribution >= 4 is 23.2 Å². The second kappa shape index (κ2) is 9.71. The Morgan fingerprint density at radius 3 is 2.62 bits per heavy atom. The summed E-state index contributed by atoms with van der Waals surface area (Å²) in [6.07, 6.45) is 3.45. The van der Waals surface area contributed by atoms with E-state index >= 15 is 0 Å². The molecule has 1 amide bonds. The lowest BCUT2D eigenvalue weighted by molar-refractivity contribution is -0.384. The number of hydrogen-bond acceptors (Lipinski definition) is 5. The fraction of sp³-hybridized carbons (Fsp3) is 0.381. The topological polar surface area (TPSA) is 84.7 Å². The van der Waals surface area contributed by atoms with Crippen LogP contribution in [0.25, 0.3) is 0 Å². The van der Waals surface area contributed by atoms with Crippen molar-refractivity contribution < 1.29 is 14.5 Å². The van der Waals surface area contributed by atoms with Gasteiger partial charge in [-0.25, -0.2) is 0 Å². The predicted octanol–water partition coefficient (Wildman–Crippen LogP) is 4.21. The number of nitrogens with zero attached hydrogens (tertiary/aromatic N) is 2. The van der Waals surface area contributed by atoms with E-state index in [0.29, 0.717) is 6.54 Å². The first-order valence-corrected chi connectivity index (χ1v) is 9.98. The summed E-state index contributed by atoms with van der Waals surface area (Å²) < 4.78 is 5.54. The van der Waals surface area contributed by atoms with E-state index in [1.165, 1.54) is 24.6 Å². The Hall–Kier alpha value is -2.64. The number of nitrogens with one attached hydrogen (secondary N) is 1. The van der Waals surface area contributed by atoms with E-state index in [1.54, 1.807) is 7.11 Å². The molecule has 0 aromatic heterocycles. The molecule has 1 aliphatic rings. The molecule has 0 bridgehead atoms. The number of methoxy groups -OCH3 is 1. The molecule has 1 atom stereocenters. The van der Waals surface area contributed by atoms with Gasteiger partial charge in [0.25, 0.3) is 11.6 Å². The Morgan fingerprint density at radius 1 is 1.24 bits per heavy atom. The molecule has 29 heavy (non-hydrogen) atoms. The van der Waals surface area contributed by atoms with Crippen molar-refractivity contribution in [1.82, 2.24) is 10.2 Å². The lowest BCUT2D eigenvalue weighted by Gasteiger charge is -2.35. The summed E-state index contributed by atoms with van der Waals surface area (Å²) >= 11 is 6.10. The number of para-hydroxylation sites is 1. The molecule has 8 heteroatoms. The molecule has 2 aromatic carbocycles. The van der Waals surface area contributed by atoms with Gasteiger partial charge in [-0.05, 0) is 38.1 Å². The van der Waals surface area contributed by atoms with E-state index < -0.39 is 4.92 Å². The lowest BCUT2D eigenvalue weighted by Crippen LogP contribution is -2.40. The molecule has 0 aliphatic carbocycles. The summed E-state index contributed by atoms with van der Waals surface area (Å²) in [6.45, 7) is 2.29. The van der Waals surface area contributed by atoms with Crippen LogP contribution in [0.2, 0.25) is 5.02 Å². The van der Waals surface area contributed by atoms with Crippen molar-refractivity contribution in [3.8, 4) is 5.75 Å². The van der Waals surface area contributed by atoms with Crippen molar-refractivity contribution in [3.63, 3.8) is 0 Å². The van der Waals surface area contributed by atoms with Gasteiger partial charge in [-0.15, -0.1) is 0 Å². The highest BCUT2D eigenvalue weighted by molar-refractivity contribution is 6.34. The van der Waals surface area contributed by atoms with Crippen LogP contribution in [0.4, 0.5) is 5.69 Å². The minimum Gasteiger partial charge on any atom is -0.496 e. The van der Waals surface area contributed by atoms with Crippen LogP contribution in [0.5, 0.6) is 5.75 Å². The Morgan fingerprint density at radius 2 is 1.97 bits per heavy atom. The minimum atomic E-state index is -0.540. The number of ether oxygens (including phenoxy) is 1.